The molecule has 1 atom stereocenters. The Kier molecular flexibility index (Phi) is 5.05. The maximum atomic E-state index is 6.06. The molecule has 0 bridgehead atoms. The third-order valence-corrected chi connectivity index (χ3v) is 4.61. The quantitative estimate of drug-likeness (QED) is 0.792. The summed E-state index contributed by atoms with van der Waals surface area (Å²) in [6.07, 6.45) is -0.0741. The van der Waals surface area contributed by atoms with Crippen LogP contribution in [0.1, 0.15) is 17.6 Å². The Morgan fingerprint density at radius 3 is 3.06 bits per heavy atom. The average molecular weight is 340 g/mol. The van der Waals surface area contributed by atoms with Gasteiger partial charge in [0.05, 0.1) is 23.4 Å². The van der Waals surface area contributed by atoms with Gasteiger partial charge < -0.3 is 9.47 Å². The molecular weight excluding hydrogens is 328 g/mol. The number of nitrogens with zero attached hydrogens (tertiary/aromatic N) is 2. The highest BCUT2D eigenvalue weighted by atomic mass is 79.9. The topological polar surface area (TPSA) is 44.2 Å². The predicted octanol–water partition coefficient (Wildman–Crippen LogP) is 2.84. The molecule has 0 aliphatic carbocycles. The van der Waals surface area contributed by atoms with Crippen LogP contribution in [0.2, 0.25) is 5.15 Å². The van der Waals surface area contributed by atoms with Crippen LogP contribution in [0.25, 0.3) is 0 Å². The van der Waals surface area contributed by atoms with Crippen molar-refractivity contribution in [1.29, 1.82) is 0 Å². The van der Waals surface area contributed by atoms with Gasteiger partial charge >= 0.3 is 0 Å². The first-order valence-electron chi connectivity index (χ1n) is 5.12. The van der Waals surface area contributed by atoms with E-state index in [1.54, 1.807) is 7.11 Å². The van der Waals surface area contributed by atoms with Crippen molar-refractivity contribution in [3.05, 3.63) is 21.1 Å². The number of methoxy groups -OCH3 is 1. The summed E-state index contributed by atoms with van der Waals surface area (Å²) >= 11 is 11.3. The molecule has 0 spiro atoms. The normalized spacial score (nSPS) is 20.5. The lowest BCUT2D eigenvalue weighted by molar-refractivity contribution is 0.0688. The molecule has 1 aliphatic rings. The minimum Gasteiger partial charge on any atom is -0.378 e. The van der Waals surface area contributed by atoms with Crippen molar-refractivity contribution in [2.24, 2.45) is 0 Å². The molecule has 94 valence electrons. The molecule has 1 unspecified atom stereocenters. The molecule has 2 rings (SSSR count). The number of thioether (sulfide) groups is 1. The second-order valence-electron chi connectivity index (χ2n) is 3.50. The first-order chi connectivity index (χ1) is 8.22. The highest BCUT2D eigenvalue weighted by molar-refractivity contribution is 9.10. The molecule has 1 aliphatic heterocycles. The molecule has 0 amide bonds. The summed E-state index contributed by atoms with van der Waals surface area (Å²) < 4.78 is 11.4. The van der Waals surface area contributed by atoms with E-state index in [9.17, 15) is 0 Å². The number of hydrogen-bond donors (Lipinski definition) is 0. The van der Waals surface area contributed by atoms with Crippen LogP contribution in [0, 0.1) is 0 Å². The second-order valence-corrected chi connectivity index (χ2v) is 5.80. The van der Waals surface area contributed by atoms with Gasteiger partial charge in [-0.2, -0.15) is 11.8 Å². The molecule has 2 heterocycles. The zero-order valence-electron chi connectivity index (χ0n) is 9.28. The zero-order chi connectivity index (χ0) is 12.3. The monoisotopic (exact) mass is 338 g/mol. The van der Waals surface area contributed by atoms with Crippen LogP contribution in [-0.4, -0.2) is 35.2 Å². The van der Waals surface area contributed by atoms with Gasteiger partial charge in [-0.1, -0.05) is 11.6 Å². The Labute approximate surface area is 118 Å². The first kappa shape index (κ1) is 13.5. The van der Waals surface area contributed by atoms with Crippen molar-refractivity contribution in [3.8, 4) is 0 Å². The minimum absolute atomic E-state index is 0.0741. The van der Waals surface area contributed by atoms with Gasteiger partial charge in [0.1, 0.15) is 11.3 Å². The fourth-order valence-electron chi connectivity index (χ4n) is 1.49. The molecule has 1 aromatic rings. The van der Waals surface area contributed by atoms with Gasteiger partial charge in [-0.05, 0) is 15.9 Å². The van der Waals surface area contributed by atoms with Crippen LogP contribution >= 0.6 is 39.3 Å². The summed E-state index contributed by atoms with van der Waals surface area (Å²) in [5, 5.41) is 0.404. The summed E-state index contributed by atoms with van der Waals surface area (Å²) in [7, 11) is 1.62. The fourth-order valence-corrected chi connectivity index (χ4v) is 2.82. The molecule has 0 aromatic carbocycles. The molecule has 7 heteroatoms. The Morgan fingerprint density at radius 2 is 2.41 bits per heavy atom. The Balaban J connectivity index is 2.27. The van der Waals surface area contributed by atoms with Gasteiger partial charge in [0.2, 0.25) is 0 Å². The van der Waals surface area contributed by atoms with Crippen LogP contribution in [-0.2, 0) is 16.1 Å². The van der Waals surface area contributed by atoms with Gasteiger partial charge in [-0.15, -0.1) is 0 Å². The highest BCUT2D eigenvalue weighted by Gasteiger charge is 2.22. The van der Waals surface area contributed by atoms with E-state index in [0.717, 1.165) is 23.8 Å². The van der Waals surface area contributed by atoms with E-state index >= 15 is 0 Å². The maximum Gasteiger partial charge on any atom is 0.160 e. The van der Waals surface area contributed by atoms with E-state index in [0.29, 0.717) is 22.1 Å². The minimum atomic E-state index is -0.0741. The van der Waals surface area contributed by atoms with Crippen molar-refractivity contribution in [3.63, 3.8) is 0 Å². The van der Waals surface area contributed by atoms with Gasteiger partial charge in [-0.25, -0.2) is 9.97 Å². The third-order valence-electron chi connectivity index (χ3n) is 2.28. The highest BCUT2D eigenvalue weighted by Crippen LogP contribution is 2.29. The van der Waals surface area contributed by atoms with Crippen LogP contribution in [0.4, 0.5) is 0 Å². The van der Waals surface area contributed by atoms with Crippen molar-refractivity contribution in [2.75, 3.05) is 25.2 Å². The number of aromatic nitrogens is 2. The molecule has 0 N–H and O–H groups in total. The maximum absolute atomic E-state index is 6.06. The van der Waals surface area contributed by atoms with Crippen molar-refractivity contribution >= 4 is 39.3 Å². The van der Waals surface area contributed by atoms with E-state index in [1.165, 1.54) is 0 Å². The predicted molar refractivity (Wildman–Crippen MR) is 71.5 cm³/mol. The molecule has 1 fully saturated rings. The van der Waals surface area contributed by atoms with Crippen LogP contribution < -0.4 is 0 Å². The lowest BCUT2D eigenvalue weighted by Crippen LogP contribution is -2.19. The van der Waals surface area contributed by atoms with Crippen molar-refractivity contribution in [1.82, 2.24) is 9.97 Å². The molecule has 1 aromatic heterocycles. The fraction of sp³-hybridized carbons (Fsp3) is 0.600. The molecule has 0 radical (unpaired) electrons. The van der Waals surface area contributed by atoms with Gasteiger partial charge in [-0.3, -0.25) is 0 Å². The molecular formula is C10H12BrClN2O2S. The Hall–Kier alpha value is 0.120. The van der Waals surface area contributed by atoms with Gasteiger partial charge in [0.15, 0.2) is 5.82 Å². The summed E-state index contributed by atoms with van der Waals surface area (Å²) in [5.74, 6) is 2.52. The Bertz CT molecular complexity index is 402. The second kappa shape index (κ2) is 6.33. The number of hydrogen-bond acceptors (Lipinski definition) is 5. The van der Waals surface area contributed by atoms with Gasteiger partial charge in [0, 0.05) is 18.6 Å². The number of ether oxygens (including phenoxy) is 2. The smallest absolute Gasteiger partial charge is 0.160 e. The van der Waals surface area contributed by atoms with Crippen molar-refractivity contribution in [2.45, 2.75) is 12.7 Å². The third kappa shape index (κ3) is 3.32. The van der Waals surface area contributed by atoms with Crippen molar-refractivity contribution < 1.29 is 9.47 Å². The molecule has 17 heavy (non-hydrogen) atoms. The largest absolute Gasteiger partial charge is 0.378 e. The average Bonchev–Trinajstić information content (AvgIpc) is 2.36. The van der Waals surface area contributed by atoms with Gasteiger partial charge in [0.25, 0.3) is 0 Å². The SMILES string of the molecule is COCc1nc(C2CSCCO2)nc(Cl)c1Br. The number of halogens is 2. The van der Waals surface area contributed by atoms with E-state index in [-0.39, 0.29) is 6.10 Å². The molecule has 0 saturated carbocycles. The Morgan fingerprint density at radius 1 is 1.59 bits per heavy atom. The standard InChI is InChI=1S/C10H12BrClN2O2S/c1-15-4-6-8(11)9(12)14-10(13-6)7-5-17-3-2-16-7/h7H,2-5H2,1H3. The van der Waals surface area contributed by atoms with Crippen LogP contribution in [0.3, 0.4) is 0 Å². The molecule has 1 saturated heterocycles. The van der Waals surface area contributed by atoms with E-state index in [4.69, 9.17) is 21.1 Å². The summed E-state index contributed by atoms with van der Waals surface area (Å²) in [6, 6.07) is 0. The summed E-state index contributed by atoms with van der Waals surface area (Å²) in [5.41, 5.74) is 0.752. The lowest BCUT2D eigenvalue weighted by Gasteiger charge is -2.21. The van der Waals surface area contributed by atoms with E-state index in [2.05, 4.69) is 25.9 Å². The van der Waals surface area contributed by atoms with Crippen LogP contribution in [0.15, 0.2) is 4.47 Å². The lowest BCUT2D eigenvalue weighted by atomic mass is 10.3. The van der Waals surface area contributed by atoms with Crippen LogP contribution in [0.5, 0.6) is 0 Å². The first-order valence-corrected chi connectivity index (χ1v) is 7.45. The van der Waals surface area contributed by atoms with E-state index < -0.39 is 0 Å². The van der Waals surface area contributed by atoms with E-state index in [1.807, 2.05) is 11.8 Å². The number of rotatable bonds is 3. The zero-order valence-corrected chi connectivity index (χ0v) is 12.4. The summed E-state index contributed by atoms with van der Waals surface area (Å²) in [4.78, 5) is 8.69. The molecule has 4 nitrogen and oxygen atoms in total. The summed E-state index contributed by atoms with van der Waals surface area (Å²) in [6.45, 7) is 1.13.